The van der Waals surface area contributed by atoms with Crippen LogP contribution in [0.2, 0.25) is 0 Å². The number of hydrogen-bond acceptors (Lipinski definition) is 5. The third kappa shape index (κ3) is 6.67. The molecule has 1 aliphatic heterocycles. The van der Waals surface area contributed by atoms with Crippen LogP contribution in [0.3, 0.4) is 0 Å². The molecule has 65 heavy (non-hydrogen) atoms. The van der Waals surface area contributed by atoms with Crippen molar-refractivity contribution in [1.82, 2.24) is 15.0 Å². The number of anilines is 3. The molecule has 12 rings (SSSR count). The number of para-hydroxylation sites is 2. The first kappa shape index (κ1) is 38.5. The summed E-state index contributed by atoms with van der Waals surface area (Å²) in [5, 5.41) is 2.06. The molecule has 0 spiro atoms. The summed E-state index contributed by atoms with van der Waals surface area (Å²) in [5.41, 5.74) is 16.0. The number of hydrogen-bond donors (Lipinski definition) is 0. The highest BCUT2D eigenvalue weighted by atomic mass is 16.3. The van der Waals surface area contributed by atoms with Crippen molar-refractivity contribution >= 4 is 39.0 Å². The van der Waals surface area contributed by atoms with Gasteiger partial charge in [-0.3, -0.25) is 0 Å². The number of benzene rings is 8. The summed E-state index contributed by atoms with van der Waals surface area (Å²) >= 11 is 0. The van der Waals surface area contributed by atoms with E-state index in [1.807, 2.05) is 30.3 Å². The standard InChI is InChI=1S/C60H44N4O/c1-60(2)51-37-43(39-18-7-3-8-19-39)32-34-53(51)64(54-35-33-44(38-52(54)60)40-20-9-4-10-21-40)46-27-15-26-45(36-46)47-28-16-29-48-49-30-17-31-50(56(49)65-55(47)48)59-62-57(41-22-11-5-12-23-41)61-58(63-59)42-24-13-6-14-25-42/h3-24,26-38,42H,25H2,1-2H3. The molecule has 2 aromatic heterocycles. The van der Waals surface area contributed by atoms with Crippen molar-refractivity contribution in [3.8, 4) is 56.2 Å². The fourth-order valence-electron chi connectivity index (χ4n) is 9.84. The predicted octanol–water partition coefficient (Wildman–Crippen LogP) is 15.8. The molecule has 0 saturated heterocycles. The second kappa shape index (κ2) is 15.6. The van der Waals surface area contributed by atoms with Crippen LogP contribution in [-0.2, 0) is 5.41 Å². The Morgan fingerprint density at radius 3 is 1.65 bits per heavy atom. The number of rotatable bonds is 7. The van der Waals surface area contributed by atoms with E-state index < -0.39 is 0 Å². The van der Waals surface area contributed by atoms with Crippen LogP contribution >= 0.6 is 0 Å². The summed E-state index contributed by atoms with van der Waals surface area (Å²) in [4.78, 5) is 17.7. The summed E-state index contributed by atoms with van der Waals surface area (Å²) in [6, 6.07) is 67.1. The van der Waals surface area contributed by atoms with Gasteiger partial charge in [-0.05, 0) is 87.8 Å². The Bertz CT molecular complexity index is 3400. The average Bonchev–Trinajstić information content (AvgIpc) is 3.77. The number of fused-ring (bicyclic) bond motifs is 5. The first-order chi connectivity index (χ1) is 32.0. The molecule has 8 aromatic carbocycles. The van der Waals surface area contributed by atoms with Gasteiger partial charge in [0.25, 0.3) is 0 Å². The maximum absolute atomic E-state index is 7.05. The van der Waals surface area contributed by atoms with E-state index >= 15 is 0 Å². The van der Waals surface area contributed by atoms with Gasteiger partial charge in [-0.15, -0.1) is 0 Å². The topological polar surface area (TPSA) is 55.1 Å². The molecule has 0 N–H and O–H groups in total. The molecular formula is C60H44N4O. The molecule has 5 nitrogen and oxygen atoms in total. The lowest BCUT2D eigenvalue weighted by molar-refractivity contribution is 0.632. The van der Waals surface area contributed by atoms with Gasteiger partial charge in [-0.1, -0.05) is 184 Å². The number of aromatic nitrogens is 3. The van der Waals surface area contributed by atoms with Gasteiger partial charge in [0.2, 0.25) is 0 Å². The van der Waals surface area contributed by atoms with E-state index in [4.69, 9.17) is 19.4 Å². The Morgan fingerprint density at radius 2 is 1.03 bits per heavy atom. The minimum atomic E-state index is -0.281. The number of nitrogens with zero attached hydrogens (tertiary/aromatic N) is 4. The van der Waals surface area contributed by atoms with Crippen molar-refractivity contribution in [3.63, 3.8) is 0 Å². The van der Waals surface area contributed by atoms with E-state index in [0.717, 1.165) is 62.1 Å². The van der Waals surface area contributed by atoms with E-state index in [0.29, 0.717) is 11.6 Å². The monoisotopic (exact) mass is 836 g/mol. The normalized spacial score (nSPS) is 15.0. The predicted molar refractivity (Wildman–Crippen MR) is 267 cm³/mol. The molecule has 2 aliphatic rings. The quantitative estimate of drug-likeness (QED) is 0.160. The Hall–Kier alpha value is -8.15. The molecule has 310 valence electrons. The Kier molecular flexibility index (Phi) is 9.23. The van der Waals surface area contributed by atoms with Gasteiger partial charge in [0.1, 0.15) is 17.0 Å². The van der Waals surface area contributed by atoms with E-state index in [1.54, 1.807) is 0 Å². The van der Waals surface area contributed by atoms with Crippen LogP contribution in [-0.4, -0.2) is 15.0 Å². The third-order valence-corrected chi connectivity index (χ3v) is 13.2. The number of allylic oxidation sites excluding steroid dienone is 4. The molecule has 0 fully saturated rings. The molecule has 1 atom stereocenters. The fourth-order valence-corrected chi connectivity index (χ4v) is 9.84. The molecule has 1 unspecified atom stereocenters. The Labute approximate surface area is 378 Å². The lowest BCUT2D eigenvalue weighted by atomic mass is 9.72. The van der Waals surface area contributed by atoms with Gasteiger partial charge in [0, 0.05) is 38.9 Å². The summed E-state index contributed by atoms with van der Waals surface area (Å²) in [7, 11) is 0. The van der Waals surface area contributed by atoms with E-state index in [2.05, 4.69) is 201 Å². The first-order valence-electron chi connectivity index (χ1n) is 22.4. The highest BCUT2D eigenvalue weighted by molar-refractivity contribution is 6.13. The van der Waals surface area contributed by atoms with Gasteiger partial charge in [-0.2, -0.15) is 0 Å². The fraction of sp³-hybridized carbons (Fsp3) is 0.0833. The summed E-state index contributed by atoms with van der Waals surface area (Å²) in [5.74, 6) is 2.05. The molecule has 0 radical (unpaired) electrons. The van der Waals surface area contributed by atoms with Gasteiger partial charge >= 0.3 is 0 Å². The number of furan rings is 1. The van der Waals surface area contributed by atoms with Crippen molar-refractivity contribution in [2.24, 2.45) is 0 Å². The molecule has 1 aliphatic carbocycles. The highest BCUT2D eigenvalue weighted by Crippen LogP contribution is 2.54. The molecule has 3 heterocycles. The molecule has 0 bridgehead atoms. The van der Waals surface area contributed by atoms with Crippen LogP contribution < -0.4 is 4.90 Å². The average molecular weight is 837 g/mol. The lowest BCUT2D eigenvalue weighted by Gasteiger charge is -2.42. The van der Waals surface area contributed by atoms with Crippen molar-refractivity contribution < 1.29 is 4.42 Å². The van der Waals surface area contributed by atoms with Gasteiger partial charge < -0.3 is 9.32 Å². The molecular weight excluding hydrogens is 793 g/mol. The van der Waals surface area contributed by atoms with Crippen molar-refractivity contribution in [3.05, 3.63) is 229 Å². The summed E-state index contributed by atoms with van der Waals surface area (Å²) in [6.45, 7) is 4.73. The van der Waals surface area contributed by atoms with Gasteiger partial charge in [0.15, 0.2) is 11.6 Å². The third-order valence-electron chi connectivity index (χ3n) is 13.2. The first-order valence-corrected chi connectivity index (χ1v) is 22.4. The van der Waals surface area contributed by atoms with Crippen LogP contribution in [0.1, 0.15) is 43.1 Å². The summed E-state index contributed by atoms with van der Waals surface area (Å²) in [6.07, 6.45) is 9.32. The second-order valence-corrected chi connectivity index (χ2v) is 17.5. The zero-order chi connectivity index (χ0) is 43.5. The minimum Gasteiger partial charge on any atom is -0.455 e. The molecule has 5 heteroatoms. The molecule has 10 aromatic rings. The van der Waals surface area contributed by atoms with Crippen molar-refractivity contribution in [1.29, 1.82) is 0 Å². The zero-order valence-corrected chi connectivity index (χ0v) is 36.2. The second-order valence-electron chi connectivity index (χ2n) is 17.5. The van der Waals surface area contributed by atoms with Crippen LogP contribution in [0.5, 0.6) is 0 Å². The molecule has 0 saturated carbocycles. The zero-order valence-electron chi connectivity index (χ0n) is 36.2. The van der Waals surface area contributed by atoms with Crippen LogP contribution in [0.25, 0.3) is 78.1 Å². The van der Waals surface area contributed by atoms with Crippen LogP contribution in [0.4, 0.5) is 17.1 Å². The van der Waals surface area contributed by atoms with Gasteiger partial charge in [0.05, 0.1) is 16.9 Å². The van der Waals surface area contributed by atoms with E-state index in [9.17, 15) is 0 Å². The lowest BCUT2D eigenvalue weighted by Crippen LogP contribution is -2.30. The highest BCUT2D eigenvalue weighted by Gasteiger charge is 2.38. The summed E-state index contributed by atoms with van der Waals surface area (Å²) < 4.78 is 7.05. The maximum atomic E-state index is 7.05. The smallest absolute Gasteiger partial charge is 0.167 e. The van der Waals surface area contributed by atoms with Crippen molar-refractivity contribution in [2.75, 3.05) is 4.90 Å². The van der Waals surface area contributed by atoms with E-state index in [-0.39, 0.29) is 11.3 Å². The largest absolute Gasteiger partial charge is 0.455 e. The minimum absolute atomic E-state index is 0.0553. The molecule has 0 amide bonds. The van der Waals surface area contributed by atoms with Crippen LogP contribution in [0, 0.1) is 0 Å². The maximum Gasteiger partial charge on any atom is 0.167 e. The van der Waals surface area contributed by atoms with Crippen molar-refractivity contribution in [2.45, 2.75) is 31.6 Å². The Balaban J connectivity index is 1.00. The SMILES string of the molecule is CC1(C)c2cc(-c3ccccc3)ccc2N(c2cccc(-c3cccc4c3oc3c(-c5nc(-c6ccccc6)nc(C6C=CC=CC6)n5)cccc34)c2)c2ccc(-c3ccccc3)cc21. The Morgan fingerprint density at radius 1 is 0.477 bits per heavy atom. The van der Waals surface area contributed by atoms with Gasteiger partial charge in [-0.25, -0.2) is 15.0 Å². The van der Waals surface area contributed by atoms with Crippen LogP contribution in [0.15, 0.2) is 217 Å². The van der Waals surface area contributed by atoms with E-state index in [1.165, 1.54) is 44.8 Å².